The summed E-state index contributed by atoms with van der Waals surface area (Å²) in [5.41, 5.74) is 7.02. The Morgan fingerprint density at radius 1 is 1.25 bits per heavy atom. The SMILES string of the molecule is CC(CN)N(C)C(=O)c1cccc(COc2cccc(F)c2)c1.Cl. The van der Waals surface area contributed by atoms with Gasteiger partial charge in [-0.2, -0.15) is 0 Å². The van der Waals surface area contributed by atoms with E-state index in [1.807, 2.05) is 13.0 Å². The summed E-state index contributed by atoms with van der Waals surface area (Å²) in [4.78, 5) is 14.0. The minimum absolute atomic E-state index is 0. The molecule has 0 aromatic heterocycles. The molecule has 1 unspecified atom stereocenters. The highest BCUT2D eigenvalue weighted by Gasteiger charge is 2.16. The van der Waals surface area contributed by atoms with Crippen LogP contribution in [0.3, 0.4) is 0 Å². The monoisotopic (exact) mass is 352 g/mol. The molecule has 0 radical (unpaired) electrons. The molecule has 0 aliphatic heterocycles. The number of benzene rings is 2. The zero-order valence-corrected chi connectivity index (χ0v) is 14.6. The van der Waals surface area contributed by atoms with Gasteiger partial charge in [0.15, 0.2) is 0 Å². The summed E-state index contributed by atoms with van der Waals surface area (Å²) in [6, 6.07) is 13.1. The minimum Gasteiger partial charge on any atom is -0.489 e. The van der Waals surface area contributed by atoms with E-state index in [9.17, 15) is 9.18 Å². The Bertz CT molecular complexity index is 682. The summed E-state index contributed by atoms with van der Waals surface area (Å²) in [6.07, 6.45) is 0. The number of nitrogens with two attached hydrogens (primary N) is 1. The summed E-state index contributed by atoms with van der Waals surface area (Å²) >= 11 is 0. The van der Waals surface area contributed by atoms with Crippen LogP contribution < -0.4 is 10.5 Å². The van der Waals surface area contributed by atoms with Crippen molar-refractivity contribution in [3.8, 4) is 5.75 Å². The molecule has 0 saturated carbocycles. The van der Waals surface area contributed by atoms with E-state index in [2.05, 4.69) is 0 Å². The second-order valence-corrected chi connectivity index (χ2v) is 5.45. The zero-order valence-electron chi connectivity index (χ0n) is 13.7. The maximum atomic E-state index is 13.1. The molecule has 130 valence electrons. The highest BCUT2D eigenvalue weighted by Crippen LogP contribution is 2.15. The minimum atomic E-state index is -0.344. The average molecular weight is 353 g/mol. The van der Waals surface area contributed by atoms with Crippen LogP contribution in [0.25, 0.3) is 0 Å². The normalized spacial score (nSPS) is 11.3. The Balaban J connectivity index is 0.00000288. The second-order valence-electron chi connectivity index (χ2n) is 5.45. The van der Waals surface area contributed by atoms with Crippen LogP contribution in [0, 0.1) is 5.82 Å². The Morgan fingerprint density at radius 2 is 1.96 bits per heavy atom. The number of amides is 1. The number of carbonyl (C=O) groups is 1. The van der Waals surface area contributed by atoms with Crippen LogP contribution in [0.1, 0.15) is 22.8 Å². The van der Waals surface area contributed by atoms with Crippen LogP contribution >= 0.6 is 12.4 Å². The van der Waals surface area contributed by atoms with Crippen molar-refractivity contribution in [1.29, 1.82) is 0 Å². The van der Waals surface area contributed by atoms with Crippen molar-refractivity contribution in [2.24, 2.45) is 5.73 Å². The first kappa shape index (κ1) is 19.9. The van der Waals surface area contributed by atoms with Gasteiger partial charge in [0.1, 0.15) is 18.2 Å². The molecule has 2 N–H and O–H groups in total. The number of carbonyl (C=O) groups excluding carboxylic acids is 1. The molecule has 0 bridgehead atoms. The molecule has 0 aliphatic carbocycles. The molecule has 0 fully saturated rings. The number of likely N-dealkylation sites (N-methyl/N-ethyl adjacent to an activating group) is 1. The molecular formula is C18H22ClFN2O2. The van der Waals surface area contributed by atoms with Crippen molar-refractivity contribution in [2.45, 2.75) is 19.6 Å². The van der Waals surface area contributed by atoms with Crippen molar-refractivity contribution >= 4 is 18.3 Å². The van der Waals surface area contributed by atoms with Gasteiger partial charge in [-0.1, -0.05) is 18.2 Å². The molecule has 0 spiro atoms. The lowest BCUT2D eigenvalue weighted by Crippen LogP contribution is -2.39. The van der Waals surface area contributed by atoms with Crippen molar-refractivity contribution < 1.29 is 13.9 Å². The largest absolute Gasteiger partial charge is 0.489 e. The summed E-state index contributed by atoms with van der Waals surface area (Å²) < 4.78 is 18.7. The number of ether oxygens (including phenoxy) is 1. The Hall–Kier alpha value is -2.11. The quantitative estimate of drug-likeness (QED) is 0.868. The topological polar surface area (TPSA) is 55.6 Å². The molecule has 0 heterocycles. The lowest BCUT2D eigenvalue weighted by atomic mass is 10.1. The number of halogens is 2. The van der Waals surface area contributed by atoms with Crippen LogP contribution in [-0.4, -0.2) is 30.4 Å². The predicted octanol–water partition coefficient (Wildman–Crippen LogP) is 3.25. The molecule has 1 atom stereocenters. The fourth-order valence-corrected chi connectivity index (χ4v) is 2.08. The van der Waals surface area contributed by atoms with E-state index in [-0.39, 0.29) is 36.8 Å². The number of nitrogens with zero attached hydrogens (tertiary/aromatic N) is 1. The first-order valence-corrected chi connectivity index (χ1v) is 7.46. The number of hydrogen-bond acceptors (Lipinski definition) is 3. The van der Waals surface area contributed by atoms with Gasteiger partial charge < -0.3 is 15.4 Å². The van der Waals surface area contributed by atoms with Gasteiger partial charge >= 0.3 is 0 Å². The van der Waals surface area contributed by atoms with Crippen molar-refractivity contribution in [3.05, 3.63) is 65.5 Å². The van der Waals surface area contributed by atoms with Gasteiger partial charge in [0.05, 0.1) is 0 Å². The summed E-state index contributed by atoms with van der Waals surface area (Å²) in [6.45, 7) is 2.57. The fourth-order valence-electron chi connectivity index (χ4n) is 2.08. The van der Waals surface area contributed by atoms with E-state index in [0.717, 1.165) is 5.56 Å². The van der Waals surface area contributed by atoms with E-state index in [0.29, 0.717) is 17.9 Å². The standard InChI is InChI=1S/C18H21FN2O2.ClH/c1-13(11-20)21(2)18(22)15-6-3-5-14(9-15)12-23-17-8-4-7-16(19)10-17;/h3-10,13H,11-12,20H2,1-2H3;1H. The summed E-state index contributed by atoms with van der Waals surface area (Å²) in [5, 5.41) is 0. The Kier molecular flexibility index (Phi) is 7.68. The molecule has 2 aromatic carbocycles. The molecule has 1 amide bonds. The maximum absolute atomic E-state index is 13.1. The summed E-state index contributed by atoms with van der Waals surface area (Å²) in [7, 11) is 1.73. The van der Waals surface area contributed by atoms with Gasteiger partial charge in [0, 0.05) is 31.3 Å². The van der Waals surface area contributed by atoms with E-state index < -0.39 is 0 Å². The lowest BCUT2D eigenvalue weighted by molar-refractivity contribution is 0.0748. The van der Waals surface area contributed by atoms with E-state index >= 15 is 0 Å². The van der Waals surface area contributed by atoms with Crippen LogP contribution in [0.15, 0.2) is 48.5 Å². The third kappa shape index (κ3) is 5.22. The number of rotatable bonds is 6. The van der Waals surface area contributed by atoms with Crippen LogP contribution in [0.2, 0.25) is 0 Å². The zero-order chi connectivity index (χ0) is 16.8. The first-order valence-electron chi connectivity index (χ1n) is 7.46. The lowest BCUT2D eigenvalue weighted by Gasteiger charge is -2.23. The van der Waals surface area contributed by atoms with E-state index in [1.54, 1.807) is 42.3 Å². The van der Waals surface area contributed by atoms with Crippen LogP contribution in [0.5, 0.6) is 5.75 Å². The van der Waals surface area contributed by atoms with Crippen molar-refractivity contribution in [1.82, 2.24) is 4.90 Å². The van der Waals surface area contributed by atoms with Gasteiger partial charge in [-0.25, -0.2) is 4.39 Å². The van der Waals surface area contributed by atoms with Crippen molar-refractivity contribution in [3.63, 3.8) is 0 Å². The van der Waals surface area contributed by atoms with Gasteiger partial charge in [0.2, 0.25) is 0 Å². The Labute approximate surface area is 147 Å². The molecule has 0 saturated heterocycles. The van der Waals surface area contributed by atoms with Crippen molar-refractivity contribution in [2.75, 3.05) is 13.6 Å². The molecule has 24 heavy (non-hydrogen) atoms. The van der Waals surface area contributed by atoms with Gasteiger partial charge in [0.25, 0.3) is 5.91 Å². The highest BCUT2D eigenvalue weighted by atomic mass is 35.5. The number of hydrogen-bond donors (Lipinski definition) is 1. The first-order chi connectivity index (χ1) is 11.0. The maximum Gasteiger partial charge on any atom is 0.253 e. The molecule has 2 aromatic rings. The summed E-state index contributed by atoms with van der Waals surface area (Å²) in [5.74, 6) is 0.0231. The third-order valence-corrected chi connectivity index (χ3v) is 3.70. The molecule has 4 nitrogen and oxygen atoms in total. The molecule has 0 aliphatic rings. The van der Waals surface area contributed by atoms with E-state index in [1.165, 1.54) is 12.1 Å². The van der Waals surface area contributed by atoms with E-state index in [4.69, 9.17) is 10.5 Å². The van der Waals surface area contributed by atoms with Crippen LogP contribution in [0.4, 0.5) is 4.39 Å². The van der Waals surface area contributed by atoms with Gasteiger partial charge in [-0.15, -0.1) is 12.4 Å². The Morgan fingerprint density at radius 3 is 2.62 bits per heavy atom. The predicted molar refractivity (Wildman–Crippen MR) is 95.0 cm³/mol. The third-order valence-electron chi connectivity index (χ3n) is 3.70. The average Bonchev–Trinajstić information content (AvgIpc) is 2.58. The molecule has 6 heteroatoms. The molecule has 2 rings (SSSR count). The van der Waals surface area contributed by atoms with Gasteiger partial charge in [-0.3, -0.25) is 4.79 Å². The second kappa shape index (κ2) is 9.25. The van der Waals surface area contributed by atoms with Gasteiger partial charge in [-0.05, 0) is 36.8 Å². The highest BCUT2D eigenvalue weighted by molar-refractivity contribution is 5.94. The molecular weight excluding hydrogens is 331 g/mol. The smallest absolute Gasteiger partial charge is 0.253 e. The van der Waals surface area contributed by atoms with Crippen LogP contribution in [-0.2, 0) is 6.61 Å². The fraction of sp³-hybridized carbons (Fsp3) is 0.278.